The van der Waals surface area contributed by atoms with Crippen LogP contribution in [0.15, 0.2) is 18.2 Å². The first-order valence-electron chi connectivity index (χ1n) is 8.79. The maximum atomic E-state index is 12.5. The van der Waals surface area contributed by atoms with Crippen LogP contribution in [0.4, 0.5) is 0 Å². The minimum atomic E-state index is -0.446. The topological polar surface area (TPSA) is 93.2 Å². The highest BCUT2D eigenvalue weighted by molar-refractivity contribution is 7.20. The molecule has 0 bridgehead atoms. The van der Waals surface area contributed by atoms with E-state index < -0.39 is 11.8 Å². The Hall–Kier alpha value is -3.00. The van der Waals surface area contributed by atoms with E-state index in [9.17, 15) is 9.59 Å². The van der Waals surface area contributed by atoms with E-state index in [4.69, 9.17) is 4.74 Å². The molecule has 2 amide bonds. The zero-order valence-corrected chi connectivity index (χ0v) is 17.3. The number of nitrogens with zero attached hydrogens (tertiary/aromatic N) is 2. The molecular formula is C20H22N4O3S. The molecule has 0 aliphatic rings. The molecule has 1 aromatic carbocycles. The van der Waals surface area contributed by atoms with Crippen LogP contribution in [0.25, 0.3) is 10.2 Å². The average molecular weight is 398 g/mol. The Morgan fingerprint density at radius 3 is 2.36 bits per heavy atom. The molecule has 3 rings (SSSR count). The number of hydrogen-bond donors (Lipinski definition) is 2. The van der Waals surface area contributed by atoms with Gasteiger partial charge >= 0.3 is 0 Å². The second kappa shape index (κ2) is 7.93. The Labute approximate surface area is 167 Å². The molecule has 0 aliphatic carbocycles. The predicted octanol–water partition coefficient (Wildman–Crippen LogP) is 3.07. The van der Waals surface area contributed by atoms with Gasteiger partial charge in [-0.2, -0.15) is 0 Å². The Balaban J connectivity index is 1.62. The van der Waals surface area contributed by atoms with E-state index in [1.807, 2.05) is 52.8 Å². The maximum absolute atomic E-state index is 12.5. The zero-order chi connectivity index (χ0) is 20.4. The van der Waals surface area contributed by atoms with Crippen LogP contribution in [-0.2, 0) is 4.79 Å². The van der Waals surface area contributed by atoms with E-state index in [1.165, 1.54) is 11.3 Å². The zero-order valence-electron chi connectivity index (χ0n) is 16.5. The van der Waals surface area contributed by atoms with Crippen molar-refractivity contribution in [3.05, 3.63) is 51.3 Å². The molecule has 2 heterocycles. The van der Waals surface area contributed by atoms with Gasteiger partial charge in [-0.1, -0.05) is 6.07 Å². The molecular weight excluding hydrogens is 376 g/mol. The van der Waals surface area contributed by atoms with Crippen molar-refractivity contribution >= 4 is 33.4 Å². The molecule has 2 aromatic heterocycles. The first kappa shape index (κ1) is 19.8. The van der Waals surface area contributed by atoms with E-state index >= 15 is 0 Å². The van der Waals surface area contributed by atoms with E-state index in [0.29, 0.717) is 16.5 Å². The highest BCUT2D eigenvalue weighted by Crippen LogP contribution is 2.31. The monoisotopic (exact) mass is 398 g/mol. The Morgan fingerprint density at radius 2 is 1.68 bits per heavy atom. The van der Waals surface area contributed by atoms with Gasteiger partial charge in [0.1, 0.15) is 16.4 Å². The van der Waals surface area contributed by atoms with Gasteiger partial charge in [-0.3, -0.25) is 20.4 Å². The second-order valence-corrected chi connectivity index (χ2v) is 7.71. The van der Waals surface area contributed by atoms with Crippen molar-refractivity contribution < 1.29 is 14.3 Å². The van der Waals surface area contributed by atoms with Crippen LogP contribution in [-0.4, -0.2) is 28.4 Å². The summed E-state index contributed by atoms with van der Waals surface area (Å²) in [7, 11) is 0. The minimum absolute atomic E-state index is 0.196. The third kappa shape index (κ3) is 4.28. The number of benzene rings is 1. The molecule has 146 valence electrons. The molecule has 0 saturated carbocycles. The van der Waals surface area contributed by atoms with Gasteiger partial charge in [-0.05, 0) is 63.4 Å². The molecule has 0 atom stereocenters. The standard InChI is InChI=1S/C20H22N4O3S/c1-10-6-11(2)8-15(7-10)27-9-16(25)23-24-19(26)18-12(3)17-13(4)21-14(5)22-20(17)28-18/h6-8H,9H2,1-5H3,(H,23,25)(H,24,26). The van der Waals surface area contributed by atoms with Crippen molar-refractivity contribution in [3.8, 4) is 5.75 Å². The van der Waals surface area contributed by atoms with Gasteiger partial charge in [0.25, 0.3) is 11.8 Å². The summed E-state index contributed by atoms with van der Waals surface area (Å²) in [5, 5.41) is 0.880. The largest absolute Gasteiger partial charge is 0.484 e. The number of aryl methyl sites for hydroxylation is 5. The summed E-state index contributed by atoms with van der Waals surface area (Å²) in [5.74, 6) is 0.439. The molecule has 0 fully saturated rings. The molecule has 8 heteroatoms. The summed E-state index contributed by atoms with van der Waals surface area (Å²) >= 11 is 1.28. The lowest BCUT2D eigenvalue weighted by atomic mass is 10.1. The Morgan fingerprint density at radius 1 is 1.00 bits per heavy atom. The van der Waals surface area contributed by atoms with Crippen molar-refractivity contribution in [1.82, 2.24) is 20.8 Å². The smallest absolute Gasteiger partial charge is 0.280 e. The fourth-order valence-electron chi connectivity index (χ4n) is 3.07. The number of thiophene rings is 1. The van der Waals surface area contributed by atoms with Gasteiger partial charge in [0.15, 0.2) is 6.61 Å². The SMILES string of the molecule is Cc1cc(C)cc(OCC(=O)NNC(=O)c2sc3nc(C)nc(C)c3c2C)c1. The van der Waals surface area contributed by atoms with E-state index in [1.54, 1.807) is 0 Å². The quantitative estimate of drug-likeness (QED) is 0.659. The molecule has 7 nitrogen and oxygen atoms in total. The van der Waals surface area contributed by atoms with Crippen LogP contribution in [0.3, 0.4) is 0 Å². The van der Waals surface area contributed by atoms with Gasteiger partial charge in [-0.25, -0.2) is 9.97 Å². The number of hydrogen-bond acceptors (Lipinski definition) is 6. The van der Waals surface area contributed by atoms with Crippen molar-refractivity contribution in [3.63, 3.8) is 0 Å². The van der Waals surface area contributed by atoms with E-state index in [2.05, 4.69) is 20.8 Å². The van der Waals surface area contributed by atoms with Crippen molar-refractivity contribution in [2.45, 2.75) is 34.6 Å². The lowest BCUT2D eigenvalue weighted by molar-refractivity contribution is -0.123. The van der Waals surface area contributed by atoms with Crippen LogP contribution < -0.4 is 15.6 Å². The number of aromatic nitrogens is 2. The average Bonchev–Trinajstić information content (AvgIpc) is 2.93. The number of hydrazine groups is 1. The maximum Gasteiger partial charge on any atom is 0.280 e. The summed E-state index contributed by atoms with van der Waals surface area (Å²) in [5.41, 5.74) is 8.57. The highest BCUT2D eigenvalue weighted by Gasteiger charge is 2.19. The fourth-order valence-corrected chi connectivity index (χ4v) is 4.25. The first-order chi connectivity index (χ1) is 13.2. The molecule has 2 N–H and O–H groups in total. The molecule has 0 radical (unpaired) electrons. The lowest BCUT2D eigenvalue weighted by Crippen LogP contribution is -2.43. The van der Waals surface area contributed by atoms with Gasteiger partial charge < -0.3 is 4.74 Å². The number of nitrogens with one attached hydrogen (secondary N) is 2. The summed E-state index contributed by atoms with van der Waals surface area (Å²) in [6.07, 6.45) is 0. The molecule has 0 saturated heterocycles. The normalized spacial score (nSPS) is 10.8. The van der Waals surface area contributed by atoms with Crippen LogP contribution in [0.2, 0.25) is 0 Å². The van der Waals surface area contributed by atoms with E-state index in [0.717, 1.165) is 32.6 Å². The third-order valence-electron chi connectivity index (χ3n) is 4.17. The van der Waals surface area contributed by atoms with Gasteiger partial charge in [0, 0.05) is 11.1 Å². The third-order valence-corrected chi connectivity index (χ3v) is 5.35. The van der Waals surface area contributed by atoms with Gasteiger partial charge in [-0.15, -0.1) is 11.3 Å². The van der Waals surface area contributed by atoms with Crippen LogP contribution >= 0.6 is 11.3 Å². The molecule has 0 spiro atoms. The Kier molecular flexibility index (Phi) is 5.60. The molecule has 28 heavy (non-hydrogen) atoms. The summed E-state index contributed by atoms with van der Waals surface area (Å²) in [6.45, 7) is 9.28. The number of ether oxygens (including phenoxy) is 1. The second-order valence-electron chi connectivity index (χ2n) is 6.71. The van der Waals surface area contributed by atoms with Gasteiger partial charge in [0.05, 0.1) is 4.88 Å². The van der Waals surface area contributed by atoms with Gasteiger partial charge in [0.2, 0.25) is 0 Å². The summed E-state index contributed by atoms with van der Waals surface area (Å²) in [6, 6.07) is 5.73. The number of carbonyl (C=O) groups excluding carboxylic acids is 2. The Bertz CT molecular complexity index is 1050. The molecule has 0 unspecified atom stereocenters. The first-order valence-corrected chi connectivity index (χ1v) is 9.61. The fraction of sp³-hybridized carbons (Fsp3) is 0.300. The van der Waals surface area contributed by atoms with Crippen LogP contribution in [0, 0.1) is 34.6 Å². The number of carbonyl (C=O) groups is 2. The van der Waals surface area contributed by atoms with Crippen molar-refractivity contribution in [1.29, 1.82) is 0 Å². The number of fused-ring (bicyclic) bond motifs is 1. The molecule has 3 aromatic rings. The van der Waals surface area contributed by atoms with Crippen LogP contribution in [0.5, 0.6) is 5.75 Å². The van der Waals surface area contributed by atoms with Crippen LogP contribution in [0.1, 0.15) is 37.9 Å². The molecule has 0 aliphatic heterocycles. The highest BCUT2D eigenvalue weighted by atomic mass is 32.1. The lowest BCUT2D eigenvalue weighted by Gasteiger charge is -2.09. The summed E-state index contributed by atoms with van der Waals surface area (Å²) in [4.78, 5) is 34.5. The summed E-state index contributed by atoms with van der Waals surface area (Å²) < 4.78 is 5.49. The number of rotatable bonds is 4. The minimum Gasteiger partial charge on any atom is -0.484 e. The van der Waals surface area contributed by atoms with Crippen molar-refractivity contribution in [2.75, 3.05) is 6.61 Å². The number of amides is 2. The van der Waals surface area contributed by atoms with Crippen molar-refractivity contribution in [2.24, 2.45) is 0 Å². The van der Waals surface area contributed by atoms with E-state index in [-0.39, 0.29) is 6.61 Å². The predicted molar refractivity (Wildman–Crippen MR) is 109 cm³/mol.